The molecule has 1 fully saturated rings. The Kier molecular flexibility index (Phi) is 2.45. The van der Waals surface area contributed by atoms with E-state index in [-0.39, 0.29) is 17.4 Å². The molecule has 0 saturated carbocycles. The van der Waals surface area contributed by atoms with Gasteiger partial charge in [0.1, 0.15) is 0 Å². The second kappa shape index (κ2) is 3.47. The summed E-state index contributed by atoms with van der Waals surface area (Å²) in [5, 5.41) is 8.09. The van der Waals surface area contributed by atoms with Crippen molar-refractivity contribution in [2.45, 2.75) is 12.3 Å². The van der Waals surface area contributed by atoms with Gasteiger partial charge in [0.25, 0.3) is 0 Å². The third-order valence-electron chi connectivity index (χ3n) is 2.29. The number of rotatable bonds is 1. The van der Waals surface area contributed by atoms with Crippen molar-refractivity contribution in [3.63, 3.8) is 0 Å². The van der Waals surface area contributed by atoms with Crippen LogP contribution in [0.3, 0.4) is 0 Å². The number of nitrogens with zero attached hydrogens (tertiary/aromatic N) is 2. The fourth-order valence-corrected chi connectivity index (χ4v) is 3.50. The molecule has 76 valence electrons. The lowest BCUT2D eigenvalue weighted by molar-refractivity contribution is 0.601. The van der Waals surface area contributed by atoms with Crippen molar-refractivity contribution in [2.75, 3.05) is 11.5 Å². The van der Waals surface area contributed by atoms with E-state index in [2.05, 4.69) is 10.2 Å². The molecule has 0 bridgehead atoms. The minimum Gasteiger partial charge on any atom is -0.229 e. The van der Waals surface area contributed by atoms with Gasteiger partial charge < -0.3 is 0 Å². The zero-order valence-electron chi connectivity index (χ0n) is 7.35. The molecule has 0 amide bonds. The molecule has 1 atom stereocenters. The van der Waals surface area contributed by atoms with Crippen molar-refractivity contribution in [3.05, 3.63) is 23.0 Å². The highest BCUT2D eigenvalue weighted by atomic mass is 35.5. The van der Waals surface area contributed by atoms with E-state index in [9.17, 15) is 8.42 Å². The van der Waals surface area contributed by atoms with Gasteiger partial charge in [-0.05, 0) is 12.5 Å². The number of hydrogen-bond donors (Lipinski definition) is 0. The van der Waals surface area contributed by atoms with E-state index in [0.717, 1.165) is 0 Å². The maximum Gasteiger partial charge on any atom is 0.151 e. The highest BCUT2D eigenvalue weighted by Gasteiger charge is 2.30. The van der Waals surface area contributed by atoms with Crippen molar-refractivity contribution in [2.24, 2.45) is 0 Å². The molecule has 1 aromatic rings. The Balaban J connectivity index is 2.26. The Labute approximate surface area is 87.2 Å². The number of hydrogen-bond acceptors (Lipinski definition) is 4. The minimum atomic E-state index is -2.87. The molecule has 0 N–H and O–H groups in total. The highest BCUT2D eigenvalue weighted by Crippen LogP contribution is 2.27. The van der Waals surface area contributed by atoms with E-state index in [1.807, 2.05) is 0 Å². The first kappa shape index (κ1) is 9.86. The predicted molar refractivity (Wildman–Crippen MR) is 53.1 cm³/mol. The molecule has 0 spiro atoms. The molecule has 4 nitrogen and oxygen atoms in total. The molecule has 6 heteroatoms. The van der Waals surface area contributed by atoms with Gasteiger partial charge in [-0.25, -0.2) is 8.42 Å². The van der Waals surface area contributed by atoms with Crippen LogP contribution in [0.25, 0.3) is 0 Å². The van der Waals surface area contributed by atoms with Crippen molar-refractivity contribution in [1.82, 2.24) is 10.2 Å². The monoisotopic (exact) mass is 232 g/mol. The van der Waals surface area contributed by atoms with Crippen LogP contribution in [0.15, 0.2) is 12.3 Å². The van der Waals surface area contributed by atoms with E-state index in [1.54, 1.807) is 6.07 Å². The lowest BCUT2D eigenvalue weighted by Crippen LogP contribution is -2.05. The molecule has 2 rings (SSSR count). The van der Waals surface area contributed by atoms with E-state index >= 15 is 0 Å². The average Bonchev–Trinajstić information content (AvgIpc) is 2.46. The van der Waals surface area contributed by atoms with Gasteiger partial charge in [0.2, 0.25) is 0 Å². The minimum absolute atomic E-state index is 0.0359. The van der Waals surface area contributed by atoms with Gasteiger partial charge in [0.15, 0.2) is 9.84 Å². The third kappa shape index (κ3) is 2.04. The molecule has 1 aliphatic rings. The Morgan fingerprint density at radius 2 is 2.29 bits per heavy atom. The smallest absolute Gasteiger partial charge is 0.151 e. The molecule has 14 heavy (non-hydrogen) atoms. The summed E-state index contributed by atoms with van der Waals surface area (Å²) in [4.78, 5) is 0. The second-order valence-electron chi connectivity index (χ2n) is 3.40. The molecule has 0 radical (unpaired) electrons. The summed E-state index contributed by atoms with van der Waals surface area (Å²) in [5.74, 6) is 0.375. The van der Waals surface area contributed by atoms with Crippen molar-refractivity contribution in [1.29, 1.82) is 0 Å². The van der Waals surface area contributed by atoms with Crippen LogP contribution in [0.1, 0.15) is 18.0 Å². The van der Waals surface area contributed by atoms with Crippen LogP contribution in [0, 0.1) is 0 Å². The van der Waals surface area contributed by atoms with Gasteiger partial charge in [0.05, 0.1) is 28.4 Å². The molecule has 1 aromatic heterocycles. The Morgan fingerprint density at radius 3 is 2.86 bits per heavy atom. The first-order chi connectivity index (χ1) is 6.57. The fraction of sp³-hybridized carbons (Fsp3) is 0.500. The molecule has 1 aliphatic heterocycles. The van der Waals surface area contributed by atoms with Crippen LogP contribution in [0.4, 0.5) is 0 Å². The number of sulfone groups is 1. The van der Waals surface area contributed by atoms with Crippen LogP contribution >= 0.6 is 11.6 Å². The van der Waals surface area contributed by atoms with Crippen LogP contribution < -0.4 is 0 Å². The highest BCUT2D eigenvalue weighted by molar-refractivity contribution is 7.91. The lowest BCUT2D eigenvalue weighted by atomic mass is 10.1. The lowest BCUT2D eigenvalue weighted by Gasteiger charge is -2.04. The van der Waals surface area contributed by atoms with Crippen molar-refractivity contribution in [3.8, 4) is 0 Å². The van der Waals surface area contributed by atoms with Crippen LogP contribution in [-0.2, 0) is 9.84 Å². The first-order valence-corrected chi connectivity index (χ1v) is 6.45. The number of halogens is 1. The van der Waals surface area contributed by atoms with E-state index < -0.39 is 9.84 Å². The van der Waals surface area contributed by atoms with E-state index in [1.165, 1.54) is 6.20 Å². The van der Waals surface area contributed by atoms with Gasteiger partial charge in [-0.15, -0.1) is 0 Å². The van der Waals surface area contributed by atoms with Crippen LogP contribution in [0.2, 0.25) is 5.02 Å². The second-order valence-corrected chi connectivity index (χ2v) is 6.06. The maximum atomic E-state index is 11.2. The molecular formula is C8H9ClN2O2S. The zero-order valence-corrected chi connectivity index (χ0v) is 8.92. The molecule has 2 heterocycles. The van der Waals surface area contributed by atoms with Gasteiger partial charge in [-0.1, -0.05) is 11.6 Å². The van der Waals surface area contributed by atoms with E-state index in [0.29, 0.717) is 17.1 Å². The normalized spacial score (nSPS) is 25.1. The summed E-state index contributed by atoms with van der Waals surface area (Å²) >= 11 is 5.74. The average molecular weight is 233 g/mol. The van der Waals surface area contributed by atoms with Gasteiger partial charge in [-0.2, -0.15) is 10.2 Å². The molecule has 1 saturated heterocycles. The Hall–Kier alpha value is -0.680. The van der Waals surface area contributed by atoms with Gasteiger partial charge in [0, 0.05) is 5.92 Å². The largest absolute Gasteiger partial charge is 0.229 e. The summed E-state index contributed by atoms with van der Waals surface area (Å²) in [5.41, 5.74) is 0.679. The molecule has 0 aromatic carbocycles. The SMILES string of the molecule is O=S1(=O)CCC(c2cc(Cl)cnn2)C1. The van der Waals surface area contributed by atoms with Crippen molar-refractivity contribution >= 4 is 21.4 Å². The molecular weight excluding hydrogens is 224 g/mol. The Bertz CT molecular complexity index is 446. The molecule has 1 unspecified atom stereocenters. The van der Waals surface area contributed by atoms with Crippen LogP contribution in [0.5, 0.6) is 0 Å². The molecule has 0 aliphatic carbocycles. The van der Waals surface area contributed by atoms with Crippen LogP contribution in [-0.4, -0.2) is 30.1 Å². The topological polar surface area (TPSA) is 59.9 Å². The zero-order chi connectivity index (χ0) is 10.2. The first-order valence-electron chi connectivity index (χ1n) is 4.25. The predicted octanol–water partition coefficient (Wildman–Crippen LogP) is 1.03. The fourth-order valence-electron chi connectivity index (χ4n) is 1.59. The summed E-state index contributed by atoms with van der Waals surface area (Å²) in [6, 6.07) is 1.68. The summed E-state index contributed by atoms with van der Waals surface area (Å²) in [6.07, 6.45) is 2.06. The number of aromatic nitrogens is 2. The van der Waals surface area contributed by atoms with Crippen molar-refractivity contribution < 1.29 is 8.42 Å². The summed E-state index contributed by atoms with van der Waals surface area (Å²) in [6.45, 7) is 0. The van der Waals surface area contributed by atoms with Gasteiger partial charge >= 0.3 is 0 Å². The Morgan fingerprint density at radius 1 is 1.50 bits per heavy atom. The summed E-state index contributed by atoms with van der Waals surface area (Å²) in [7, 11) is -2.87. The third-order valence-corrected chi connectivity index (χ3v) is 4.27. The quantitative estimate of drug-likeness (QED) is 0.726. The van der Waals surface area contributed by atoms with Gasteiger partial charge in [-0.3, -0.25) is 0 Å². The standard InChI is InChI=1S/C8H9ClN2O2S/c9-7-3-8(11-10-4-7)6-1-2-14(12,13)5-6/h3-4,6H,1-2,5H2. The maximum absolute atomic E-state index is 11.2. The summed E-state index contributed by atoms with van der Waals surface area (Å²) < 4.78 is 22.4. The van der Waals surface area contributed by atoms with E-state index in [4.69, 9.17) is 11.6 Å².